The zero-order chi connectivity index (χ0) is 14.5. The van der Waals surface area contributed by atoms with E-state index in [0.717, 1.165) is 6.54 Å². The molecule has 1 amide bonds. The zero-order valence-corrected chi connectivity index (χ0v) is 13.7. The van der Waals surface area contributed by atoms with Gasteiger partial charge in [0.05, 0.1) is 12.6 Å². The van der Waals surface area contributed by atoms with Crippen LogP contribution in [0.25, 0.3) is 0 Å². The van der Waals surface area contributed by atoms with Gasteiger partial charge in [0.25, 0.3) is 0 Å². The summed E-state index contributed by atoms with van der Waals surface area (Å²) in [6.07, 6.45) is 0. The van der Waals surface area contributed by atoms with Crippen LogP contribution in [-0.2, 0) is 11.3 Å². The molecule has 0 saturated carbocycles. The van der Waals surface area contributed by atoms with Crippen molar-refractivity contribution in [3.8, 4) is 0 Å². The van der Waals surface area contributed by atoms with Crippen LogP contribution in [0.5, 0.6) is 0 Å². The van der Waals surface area contributed by atoms with Gasteiger partial charge in [0.15, 0.2) is 0 Å². The van der Waals surface area contributed by atoms with Gasteiger partial charge in [0, 0.05) is 16.3 Å². The standard InChI is InChI=1S/C15H20N2OS2/c1-11-6-8-20-14(11)9-17(3)10-15(18)16-12(2)13-5-4-7-19-13/h4-8,12H,9-10H2,1-3H3,(H,16,18). The smallest absolute Gasteiger partial charge is 0.234 e. The Bertz CT molecular complexity index is 548. The molecule has 0 spiro atoms. The topological polar surface area (TPSA) is 32.3 Å². The first kappa shape index (κ1) is 15.2. The molecule has 0 aliphatic rings. The van der Waals surface area contributed by atoms with Crippen LogP contribution in [0.15, 0.2) is 29.0 Å². The highest BCUT2D eigenvalue weighted by Crippen LogP contribution is 2.19. The van der Waals surface area contributed by atoms with Gasteiger partial charge in [-0.1, -0.05) is 6.07 Å². The first-order valence-electron chi connectivity index (χ1n) is 6.60. The van der Waals surface area contributed by atoms with Crippen molar-refractivity contribution < 1.29 is 4.79 Å². The summed E-state index contributed by atoms with van der Waals surface area (Å²) in [5.74, 6) is 0.0719. The summed E-state index contributed by atoms with van der Waals surface area (Å²) >= 11 is 3.42. The van der Waals surface area contributed by atoms with Crippen LogP contribution < -0.4 is 5.32 Å². The molecule has 20 heavy (non-hydrogen) atoms. The number of thiophene rings is 2. The van der Waals surface area contributed by atoms with Crippen LogP contribution in [0.4, 0.5) is 0 Å². The fourth-order valence-corrected chi connectivity index (χ4v) is 3.73. The molecule has 0 saturated heterocycles. The van der Waals surface area contributed by atoms with Gasteiger partial charge in [0.2, 0.25) is 5.91 Å². The number of carbonyl (C=O) groups excluding carboxylic acids is 1. The minimum absolute atomic E-state index is 0.0719. The number of nitrogens with zero attached hydrogens (tertiary/aromatic N) is 1. The maximum absolute atomic E-state index is 12.0. The molecule has 1 atom stereocenters. The number of carbonyl (C=O) groups is 1. The predicted octanol–water partition coefficient (Wildman–Crippen LogP) is 3.43. The lowest BCUT2D eigenvalue weighted by Crippen LogP contribution is -2.36. The number of aryl methyl sites for hydroxylation is 1. The summed E-state index contributed by atoms with van der Waals surface area (Å²) in [6.45, 7) is 5.38. The van der Waals surface area contributed by atoms with E-state index in [4.69, 9.17) is 0 Å². The highest BCUT2D eigenvalue weighted by Gasteiger charge is 2.13. The second-order valence-electron chi connectivity index (χ2n) is 5.00. The molecular formula is C15H20N2OS2. The molecule has 0 bridgehead atoms. The van der Waals surface area contributed by atoms with E-state index in [1.807, 2.05) is 31.5 Å². The number of likely N-dealkylation sites (N-methyl/N-ethyl adjacent to an activating group) is 1. The number of amides is 1. The molecular weight excluding hydrogens is 288 g/mol. The Hall–Kier alpha value is -1.17. The van der Waals surface area contributed by atoms with Crippen molar-refractivity contribution in [1.82, 2.24) is 10.2 Å². The molecule has 1 unspecified atom stereocenters. The Balaban J connectivity index is 1.81. The Morgan fingerprint density at radius 3 is 2.75 bits per heavy atom. The van der Waals surface area contributed by atoms with Crippen LogP contribution in [0.1, 0.15) is 28.3 Å². The first-order chi connectivity index (χ1) is 9.56. The number of rotatable bonds is 6. The van der Waals surface area contributed by atoms with Crippen molar-refractivity contribution in [3.63, 3.8) is 0 Å². The average molecular weight is 308 g/mol. The van der Waals surface area contributed by atoms with E-state index in [0.29, 0.717) is 6.54 Å². The van der Waals surface area contributed by atoms with Crippen LogP contribution in [-0.4, -0.2) is 24.4 Å². The van der Waals surface area contributed by atoms with Crippen LogP contribution in [0, 0.1) is 6.92 Å². The lowest BCUT2D eigenvalue weighted by molar-refractivity contribution is -0.122. The molecule has 5 heteroatoms. The first-order valence-corrected chi connectivity index (χ1v) is 8.36. The summed E-state index contributed by atoms with van der Waals surface area (Å²) < 4.78 is 0. The molecule has 0 aromatic carbocycles. The highest BCUT2D eigenvalue weighted by molar-refractivity contribution is 7.10. The minimum atomic E-state index is 0.0719. The summed E-state index contributed by atoms with van der Waals surface area (Å²) in [5, 5.41) is 7.17. The van der Waals surface area contributed by atoms with Crippen molar-refractivity contribution in [1.29, 1.82) is 0 Å². The Labute approximate surface area is 128 Å². The third kappa shape index (κ3) is 4.16. The van der Waals surface area contributed by atoms with E-state index in [2.05, 4.69) is 28.6 Å². The van der Waals surface area contributed by atoms with E-state index in [1.54, 1.807) is 22.7 Å². The molecule has 2 rings (SSSR count). The highest BCUT2D eigenvalue weighted by atomic mass is 32.1. The third-order valence-corrected chi connectivity index (χ3v) is 5.21. The second kappa shape index (κ2) is 7.02. The van der Waals surface area contributed by atoms with Crippen LogP contribution in [0.2, 0.25) is 0 Å². The number of hydrogen-bond donors (Lipinski definition) is 1. The van der Waals surface area contributed by atoms with Gasteiger partial charge in [-0.3, -0.25) is 9.69 Å². The van der Waals surface area contributed by atoms with E-state index in [9.17, 15) is 4.79 Å². The van der Waals surface area contributed by atoms with E-state index in [-0.39, 0.29) is 11.9 Å². The molecule has 0 aliphatic heterocycles. The molecule has 108 valence electrons. The quantitative estimate of drug-likeness (QED) is 0.887. The molecule has 2 heterocycles. The van der Waals surface area contributed by atoms with Crippen molar-refractivity contribution in [3.05, 3.63) is 44.3 Å². The van der Waals surface area contributed by atoms with Gasteiger partial charge in [-0.05, 0) is 49.4 Å². The van der Waals surface area contributed by atoms with Crippen molar-refractivity contribution in [2.45, 2.75) is 26.4 Å². The second-order valence-corrected chi connectivity index (χ2v) is 6.98. The summed E-state index contributed by atoms with van der Waals surface area (Å²) in [6, 6.07) is 6.26. The fourth-order valence-electron chi connectivity index (χ4n) is 2.01. The van der Waals surface area contributed by atoms with Crippen LogP contribution >= 0.6 is 22.7 Å². The number of hydrogen-bond acceptors (Lipinski definition) is 4. The maximum Gasteiger partial charge on any atom is 0.234 e. The van der Waals surface area contributed by atoms with Gasteiger partial charge >= 0.3 is 0 Å². The van der Waals surface area contributed by atoms with Gasteiger partial charge < -0.3 is 5.32 Å². The van der Waals surface area contributed by atoms with E-state index < -0.39 is 0 Å². The minimum Gasteiger partial charge on any atom is -0.348 e. The van der Waals surface area contributed by atoms with Gasteiger partial charge in [0.1, 0.15) is 0 Å². The molecule has 2 aromatic rings. The predicted molar refractivity (Wildman–Crippen MR) is 86.3 cm³/mol. The molecule has 0 fully saturated rings. The summed E-state index contributed by atoms with van der Waals surface area (Å²) in [5.41, 5.74) is 1.30. The Morgan fingerprint density at radius 1 is 1.35 bits per heavy atom. The molecule has 1 N–H and O–H groups in total. The molecule has 0 aliphatic carbocycles. The van der Waals surface area contributed by atoms with Gasteiger partial charge in [-0.15, -0.1) is 22.7 Å². The van der Waals surface area contributed by atoms with Crippen molar-refractivity contribution >= 4 is 28.6 Å². The monoisotopic (exact) mass is 308 g/mol. The normalized spacial score (nSPS) is 12.6. The zero-order valence-electron chi connectivity index (χ0n) is 12.1. The lowest BCUT2D eigenvalue weighted by atomic mass is 10.2. The molecule has 2 aromatic heterocycles. The van der Waals surface area contributed by atoms with Crippen LogP contribution in [0.3, 0.4) is 0 Å². The fraction of sp³-hybridized carbons (Fsp3) is 0.400. The largest absolute Gasteiger partial charge is 0.348 e. The average Bonchev–Trinajstić information content (AvgIpc) is 3.01. The van der Waals surface area contributed by atoms with Gasteiger partial charge in [-0.2, -0.15) is 0 Å². The van der Waals surface area contributed by atoms with Gasteiger partial charge in [-0.25, -0.2) is 0 Å². The van der Waals surface area contributed by atoms with E-state index in [1.165, 1.54) is 15.3 Å². The van der Waals surface area contributed by atoms with Crippen molar-refractivity contribution in [2.24, 2.45) is 0 Å². The maximum atomic E-state index is 12.0. The summed E-state index contributed by atoms with van der Waals surface area (Å²) in [7, 11) is 1.98. The van der Waals surface area contributed by atoms with Crippen molar-refractivity contribution in [2.75, 3.05) is 13.6 Å². The summed E-state index contributed by atoms with van der Waals surface area (Å²) in [4.78, 5) is 16.6. The lowest BCUT2D eigenvalue weighted by Gasteiger charge is -2.18. The Kier molecular flexibility index (Phi) is 5.34. The third-order valence-electron chi connectivity index (χ3n) is 3.14. The molecule has 0 radical (unpaired) electrons. The van der Waals surface area contributed by atoms with E-state index >= 15 is 0 Å². The number of nitrogens with one attached hydrogen (secondary N) is 1. The molecule has 3 nitrogen and oxygen atoms in total. The SMILES string of the molecule is Cc1ccsc1CN(C)CC(=O)NC(C)c1cccs1. The Morgan fingerprint density at radius 2 is 2.15 bits per heavy atom.